The molecule has 1 aliphatic rings. The molecule has 0 heterocycles. The van der Waals surface area contributed by atoms with E-state index in [1.54, 1.807) is 13.2 Å². The van der Waals surface area contributed by atoms with Gasteiger partial charge < -0.3 is 9.47 Å². The number of carbonyl (C=O) groups excluding carboxylic acids is 1. The highest BCUT2D eigenvalue weighted by Crippen LogP contribution is 2.34. The summed E-state index contributed by atoms with van der Waals surface area (Å²) in [6.45, 7) is 6.17. The molecule has 1 aromatic rings. The molecule has 0 saturated heterocycles. The number of hydrogen-bond donors (Lipinski definition) is 0. The molecule has 23 heavy (non-hydrogen) atoms. The Morgan fingerprint density at radius 3 is 2.52 bits per heavy atom. The highest BCUT2D eigenvalue weighted by atomic mass is 16.6. The summed E-state index contributed by atoms with van der Waals surface area (Å²) in [4.78, 5) is 12.1. The van der Waals surface area contributed by atoms with Gasteiger partial charge >= 0.3 is 5.97 Å². The Morgan fingerprint density at radius 1 is 1.26 bits per heavy atom. The standard InChI is InChI=1S/C20H26O3/c1-15-5-10-17(11-6-15)20(2,3)23-19(21)14-9-16-7-12-18(22-4)13-8-16/h5,7-9,12-14,17H,6,10-11H2,1-4H3/b14-9+. The van der Waals surface area contributed by atoms with Gasteiger partial charge in [-0.3, -0.25) is 0 Å². The van der Waals surface area contributed by atoms with Crippen LogP contribution >= 0.6 is 0 Å². The first kappa shape index (κ1) is 17.3. The minimum absolute atomic E-state index is 0.294. The van der Waals surface area contributed by atoms with Crippen LogP contribution in [0, 0.1) is 5.92 Å². The molecule has 0 saturated carbocycles. The highest BCUT2D eigenvalue weighted by molar-refractivity contribution is 5.87. The topological polar surface area (TPSA) is 35.5 Å². The third-order valence-electron chi connectivity index (χ3n) is 4.51. The van der Waals surface area contributed by atoms with Crippen LogP contribution in [0.25, 0.3) is 6.08 Å². The van der Waals surface area contributed by atoms with E-state index < -0.39 is 5.60 Å². The molecule has 3 nitrogen and oxygen atoms in total. The number of benzene rings is 1. The summed E-state index contributed by atoms with van der Waals surface area (Å²) in [5.41, 5.74) is 1.93. The molecule has 1 atom stereocenters. The summed E-state index contributed by atoms with van der Waals surface area (Å²) in [5.74, 6) is 0.883. The summed E-state index contributed by atoms with van der Waals surface area (Å²) in [6.07, 6.45) is 8.67. The van der Waals surface area contributed by atoms with Gasteiger partial charge in [0.05, 0.1) is 7.11 Å². The maximum Gasteiger partial charge on any atom is 0.331 e. The number of esters is 1. The smallest absolute Gasteiger partial charge is 0.331 e. The Bertz CT molecular complexity index is 594. The maximum atomic E-state index is 12.1. The van der Waals surface area contributed by atoms with Gasteiger partial charge in [-0.05, 0) is 63.8 Å². The van der Waals surface area contributed by atoms with E-state index in [0.29, 0.717) is 5.92 Å². The van der Waals surface area contributed by atoms with Crippen LogP contribution in [0.5, 0.6) is 5.75 Å². The Kier molecular flexibility index (Phi) is 5.64. The van der Waals surface area contributed by atoms with Crippen LogP contribution in [0.4, 0.5) is 0 Å². The highest BCUT2D eigenvalue weighted by Gasteiger charge is 2.33. The molecule has 1 aromatic carbocycles. The van der Waals surface area contributed by atoms with Gasteiger partial charge in [0.25, 0.3) is 0 Å². The molecular formula is C20H26O3. The maximum absolute atomic E-state index is 12.1. The van der Waals surface area contributed by atoms with E-state index in [9.17, 15) is 4.79 Å². The largest absolute Gasteiger partial charge is 0.497 e. The number of rotatable bonds is 5. The van der Waals surface area contributed by atoms with Crippen molar-refractivity contribution >= 4 is 12.0 Å². The van der Waals surface area contributed by atoms with Crippen molar-refractivity contribution in [3.63, 3.8) is 0 Å². The first-order valence-corrected chi connectivity index (χ1v) is 8.11. The average molecular weight is 314 g/mol. The lowest BCUT2D eigenvalue weighted by molar-refractivity contribution is -0.155. The van der Waals surface area contributed by atoms with E-state index in [2.05, 4.69) is 13.0 Å². The van der Waals surface area contributed by atoms with Crippen LogP contribution in [0.3, 0.4) is 0 Å². The van der Waals surface area contributed by atoms with Gasteiger partial charge in [-0.25, -0.2) is 4.79 Å². The number of allylic oxidation sites excluding steroid dienone is 2. The molecular weight excluding hydrogens is 288 g/mol. The molecule has 124 valence electrons. The molecule has 2 rings (SSSR count). The van der Waals surface area contributed by atoms with Crippen LogP contribution in [0.2, 0.25) is 0 Å². The van der Waals surface area contributed by atoms with Crippen LogP contribution in [-0.4, -0.2) is 18.7 Å². The van der Waals surface area contributed by atoms with E-state index >= 15 is 0 Å². The Hall–Kier alpha value is -2.03. The molecule has 0 radical (unpaired) electrons. The summed E-state index contributed by atoms with van der Waals surface area (Å²) >= 11 is 0. The normalized spacial score (nSPS) is 18.6. The molecule has 3 heteroatoms. The predicted molar refractivity (Wildman–Crippen MR) is 93.3 cm³/mol. The van der Waals surface area contributed by atoms with Gasteiger partial charge in [-0.2, -0.15) is 0 Å². The summed E-state index contributed by atoms with van der Waals surface area (Å²) < 4.78 is 10.8. The predicted octanol–water partition coefficient (Wildman–Crippen LogP) is 4.78. The molecule has 0 aliphatic heterocycles. The van der Waals surface area contributed by atoms with Crippen molar-refractivity contribution in [1.29, 1.82) is 0 Å². The number of hydrogen-bond acceptors (Lipinski definition) is 3. The minimum atomic E-state index is -0.446. The summed E-state index contributed by atoms with van der Waals surface area (Å²) in [6, 6.07) is 7.54. The van der Waals surface area contributed by atoms with Crippen LogP contribution < -0.4 is 4.74 Å². The van der Waals surface area contributed by atoms with Gasteiger partial charge in [-0.1, -0.05) is 23.8 Å². The molecule has 0 amide bonds. The Morgan fingerprint density at radius 2 is 1.96 bits per heavy atom. The number of carbonyl (C=O) groups is 1. The number of ether oxygens (including phenoxy) is 2. The quantitative estimate of drug-likeness (QED) is 0.446. The zero-order valence-electron chi connectivity index (χ0n) is 14.5. The molecule has 1 aliphatic carbocycles. The molecule has 0 bridgehead atoms. The molecule has 0 fully saturated rings. The van der Waals surface area contributed by atoms with Crippen LogP contribution in [0.1, 0.15) is 45.6 Å². The zero-order chi connectivity index (χ0) is 16.9. The second-order valence-electron chi connectivity index (χ2n) is 6.65. The fourth-order valence-corrected chi connectivity index (χ4v) is 2.85. The monoisotopic (exact) mass is 314 g/mol. The second kappa shape index (κ2) is 7.49. The molecule has 0 aromatic heterocycles. The number of methoxy groups -OCH3 is 1. The van der Waals surface area contributed by atoms with E-state index in [4.69, 9.17) is 9.47 Å². The minimum Gasteiger partial charge on any atom is -0.497 e. The summed E-state index contributed by atoms with van der Waals surface area (Å²) in [5, 5.41) is 0. The van der Waals surface area contributed by atoms with E-state index in [-0.39, 0.29) is 5.97 Å². The molecule has 0 spiro atoms. The Labute approximate surface area is 139 Å². The second-order valence-corrected chi connectivity index (χ2v) is 6.65. The lowest BCUT2D eigenvalue weighted by atomic mass is 9.79. The molecule has 1 unspecified atom stereocenters. The zero-order valence-corrected chi connectivity index (χ0v) is 14.5. The van der Waals surface area contributed by atoms with Gasteiger partial charge in [-0.15, -0.1) is 0 Å². The van der Waals surface area contributed by atoms with E-state index in [0.717, 1.165) is 30.6 Å². The lowest BCUT2D eigenvalue weighted by Gasteiger charge is -2.35. The van der Waals surface area contributed by atoms with Crippen molar-refractivity contribution in [2.24, 2.45) is 5.92 Å². The van der Waals surface area contributed by atoms with Crippen LogP contribution in [0.15, 0.2) is 42.0 Å². The fourth-order valence-electron chi connectivity index (χ4n) is 2.85. The Balaban J connectivity index is 1.93. The average Bonchev–Trinajstić information content (AvgIpc) is 2.53. The van der Waals surface area contributed by atoms with E-state index in [1.165, 1.54) is 11.6 Å². The first-order chi connectivity index (χ1) is 10.9. The SMILES string of the molecule is COc1ccc(/C=C/C(=O)OC(C)(C)C2CC=C(C)CC2)cc1. The van der Waals surface area contributed by atoms with Gasteiger partial charge in [0.1, 0.15) is 11.4 Å². The van der Waals surface area contributed by atoms with E-state index in [1.807, 2.05) is 38.1 Å². The molecule has 0 N–H and O–H groups in total. The van der Waals surface area contributed by atoms with Gasteiger partial charge in [0.15, 0.2) is 0 Å². The van der Waals surface area contributed by atoms with Crippen molar-refractivity contribution in [1.82, 2.24) is 0 Å². The van der Waals surface area contributed by atoms with Crippen molar-refractivity contribution in [2.75, 3.05) is 7.11 Å². The van der Waals surface area contributed by atoms with Crippen molar-refractivity contribution in [3.8, 4) is 5.75 Å². The third-order valence-corrected chi connectivity index (χ3v) is 4.51. The fraction of sp³-hybridized carbons (Fsp3) is 0.450. The van der Waals surface area contributed by atoms with Gasteiger partial charge in [0, 0.05) is 12.0 Å². The van der Waals surface area contributed by atoms with Gasteiger partial charge in [0.2, 0.25) is 0 Å². The van der Waals surface area contributed by atoms with Crippen molar-refractivity contribution in [3.05, 3.63) is 47.6 Å². The van der Waals surface area contributed by atoms with Crippen molar-refractivity contribution < 1.29 is 14.3 Å². The lowest BCUT2D eigenvalue weighted by Crippen LogP contribution is -2.37. The third kappa shape index (κ3) is 4.98. The summed E-state index contributed by atoms with van der Waals surface area (Å²) in [7, 11) is 1.63. The van der Waals surface area contributed by atoms with Crippen molar-refractivity contribution in [2.45, 2.75) is 45.6 Å². The first-order valence-electron chi connectivity index (χ1n) is 8.11. The van der Waals surface area contributed by atoms with Crippen LogP contribution in [-0.2, 0) is 9.53 Å².